The summed E-state index contributed by atoms with van der Waals surface area (Å²) in [6.45, 7) is 6.89. The Morgan fingerprint density at radius 3 is 2.48 bits per heavy atom. The Morgan fingerprint density at radius 2 is 1.76 bits per heavy atom. The van der Waals surface area contributed by atoms with Crippen molar-refractivity contribution in [3.8, 4) is 17.6 Å². The van der Waals surface area contributed by atoms with Gasteiger partial charge in [0.25, 0.3) is 0 Å². The second-order valence-corrected chi connectivity index (χ2v) is 5.83. The first-order valence-corrected chi connectivity index (χ1v) is 8.85. The molecule has 25 heavy (non-hydrogen) atoms. The molecule has 0 aliphatic heterocycles. The first-order chi connectivity index (χ1) is 12.3. The van der Waals surface area contributed by atoms with Gasteiger partial charge in [-0.3, -0.25) is 0 Å². The number of rotatable bonds is 10. The van der Waals surface area contributed by atoms with Crippen molar-refractivity contribution in [3.63, 3.8) is 0 Å². The molecule has 0 bridgehead atoms. The van der Waals surface area contributed by atoms with Gasteiger partial charge in [0.1, 0.15) is 0 Å². The van der Waals surface area contributed by atoms with E-state index < -0.39 is 0 Å². The van der Waals surface area contributed by atoms with Crippen molar-refractivity contribution in [2.75, 3.05) is 13.2 Å². The van der Waals surface area contributed by atoms with Crippen LogP contribution in [0.2, 0.25) is 0 Å². The molecule has 2 rings (SSSR count). The van der Waals surface area contributed by atoms with Gasteiger partial charge in [0.2, 0.25) is 0 Å². The van der Waals surface area contributed by atoms with E-state index in [1.165, 1.54) is 0 Å². The van der Waals surface area contributed by atoms with Gasteiger partial charge in [-0.05, 0) is 48.7 Å². The number of nitrogens with zero attached hydrogens (tertiary/aromatic N) is 1. The third-order valence-electron chi connectivity index (χ3n) is 3.78. The van der Waals surface area contributed by atoms with Gasteiger partial charge >= 0.3 is 0 Å². The van der Waals surface area contributed by atoms with Crippen molar-refractivity contribution in [2.45, 2.75) is 39.8 Å². The van der Waals surface area contributed by atoms with Crippen LogP contribution in [0.1, 0.15) is 43.4 Å². The standard InChI is InChI=1S/C21H26N2O2/c1-3-5-11-25-20-10-9-19(13-21(20)24-4-2)16-23-15-18-8-6-7-17(12-18)14-22/h6-10,12-13,23H,3-5,11,15-16H2,1-2H3. The zero-order valence-electron chi connectivity index (χ0n) is 15.0. The van der Waals surface area contributed by atoms with Crippen LogP contribution in [0.5, 0.6) is 11.5 Å². The molecule has 0 aliphatic rings. The summed E-state index contributed by atoms with van der Waals surface area (Å²) >= 11 is 0. The molecule has 2 aromatic rings. The van der Waals surface area contributed by atoms with Crippen molar-refractivity contribution in [2.24, 2.45) is 0 Å². The molecule has 0 saturated heterocycles. The first kappa shape index (κ1) is 18.8. The van der Waals surface area contributed by atoms with Crippen molar-refractivity contribution < 1.29 is 9.47 Å². The lowest BCUT2D eigenvalue weighted by Gasteiger charge is -2.13. The summed E-state index contributed by atoms with van der Waals surface area (Å²) in [6.07, 6.45) is 2.15. The molecule has 1 N–H and O–H groups in total. The third-order valence-corrected chi connectivity index (χ3v) is 3.78. The number of ether oxygens (including phenoxy) is 2. The number of nitrogens with one attached hydrogen (secondary N) is 1. The van der Waals surface area contributed by atoms with Crippen LogP contribution in [-0.2, 0) is 13.1 Å². The zero-order chi connectivity index (χ0) is 17.9. The number of benzene rings is 2. The maximum Gasteiger partial charge on any atom is 0.161 e. The van der Waals surface area contributed by atoms with Gasteiger partial charge in [0, 0.05) is 13.1 Å². The highest BCUT2D eigenvalue weighted by molar-refractivity contribution is 5.43. The summed E-state index contributed by atoms with van der Waals surface area (Å²) in [6, 6.07) is 15.9. The predicted octanol–water partition coefficient (Wildman–Crippen LogP) is 4.43. The topological polar surface area (TPSA) is 54.3 Å². The molecule has 0 radical (unpaired) electrons. The van der Waals surface area contributed by atoms with Gasteiger partial charge in [-0.1, -0.05) is 31.5 Å². The fraction of sp³-hybridized carbons (Fsp3) is 0.381. The summed E-state index contributed by atoms with van der Waals surface area (Å²) < 4.78 is 11.5. The van der Waals surface area contributed by atoms with Crippen LogP contribution in [-0.4, -0.2) is 13.2 Å². The average Bonchev–Trinajstić information content (AvgIpc) is 2.64. The minimum Gasteiger partial charge on any atom is -0.490 e. The highest BCUT2D eigenvalue weighted by atomic mass is 16.5. The lowest BCUT2D eigenvalue weighted by Crippen LogP contribution is -2.13. The van der Waals surface area contributed by atoms with E-state index in [1.807, 2.05) is 43.3 Å². The Labute approximate surface area is 150 Å². The molecule has 4 nitrogen and oxygen atoms in total. The molecular weight excluding hydrogens is 312 g/mol. The Hall–Kier alpha value is -2.51. The van der Waals surface area contributed by atoms with Crippen LogP contribution < -0.4 is 14.8 Å². The molecule has 2 aromatic carbocycles. The largest absolute Gasteiger partial charge is 0.490 e. The normalized spacial score (nSPS) is 10.3. The van der Waals surface area contributed by atoms with Gasteiger partial charge in [0.05, 0.1) is 24.8 Å². The summed E-state index contributed by atoms with van der Waals surface area (Å²) in [7, 11) is 0. The predicted molar refractivity (Wildman–Crippen MR) is 99.7 cm³/mol. The van der Waals surface area contributed by atoms with Gasteiger partial charge < -0.3 is 14.8 Å². The van der Waals surface area contributed by atoms with Gasteiger partial charge in [-0.2, -0.15) is 5.26 Å². The molecule has 0 aliphatic carbocycles. The molecule has 132 valence electrons. The van der Waals surface area contributed by atoms with Gasteiger partial charge in [0.15, 0.2) is 11.5 Å². The minimum atomic E-state index is 0.613. The molecule has 4 heteroatoms. The van der Waals surface area contributed by atoms with E-state index in [2.05, 4.69) is 24.4 Å². The molecule has 0 saturated carbocycles. The Bertz CT molecular complexity index is 707. The number of unbranched alkanes of at least 4 members (excludes halogenated alkanes) is 1. The fourth-order valence-electron chi connectivity index (χ4n) is 2.48. The van der Waals surface area contributed by atoms with Gasteiger partial charge in [-0.15, -0.1) is 0 Å². The Balaban J connectivity index is 1.94. The van der Waals surface area contributed by atoms with Crippen LogP contribution >= 0.6 is 0 Å². The quantitative estimate of drug-likeness (QED) is 0.651. The van der Waals surface area contributed by atoms with Crippen LogP contribution in [0.25, 0.3) is 0 Å². The highest BCUT2D eigenvalue weighted by Crippen LogP contribution is 2.28. The van der Waals surface area contributed by atoms with Crippen LogP contribution in [0.4, 0.5) is 0 Å². The molecule has 0 aromatic heterocycles. The zero-order valence-corrected chi connectivity index (χ0v) is 15.0. The Kier molecular flexibility index (Phi) is 7.81. The smallest absolute Gasteiger partial charge is 0.161 e. The average molecular weight is 338 g/mol. The van der Waals surface area contributed by atoms with Crippen molar-refractivity contribution >= 4 is 0 Å². The van der Waals surface area contributed by atoms with Crippen LogP contribution in [0, 0.1) is 11.3 Å². The molecule has 0 fully saturated rings. The Morgan fingerprint density at radius 1 is 0.960 bits per heavy atom. The highest BCUT2D eigenvalue weighted by Gasteiger charge is 2.06. The SMILES string of the molecule is CCCCOc1ccc(CNCc2cccc(C#N)c2)cc1OCC. The second-order valence-electron chi connectivity index (χ2n) is 5.83. The molecule has 0 heterocycles. The van der Waals surface area contributed by atoms with E-state index in [0.717, 1.165) is 42.0 Å². The van der Waals surface area contributed by atoms with Crippen molar-refractivity contribution in [3.05, 3.63) is 59.2 Å². The number of hydrogen-bond donors (Lipinski definition) is 1. The van der Waals surface area contributed by atoms with Crippen molar-refractivity contribution in [1.29, 1.82) is 5.26 Å². The van der Waals surface area contributed by atoms with E-state index in [9.17, 15) is 0 Å². The van der Waals surface area contributed by atoms with Crippen LogP contribution in [0.3, 0.4) is 0 Å². The molecule has 0 amide bonds. The van der Waals surface area contributed by atoms with E-state index >= 15 is 0 Å². The van der Waals surface area contributed by atoms with Crippen molar-refractivity contribution in [1.82, 2.24) is 5.32 Å². The maximum absolute atomic E-state index is 8.95. The molecule has 0 unspecified atom stereocenters. The maximum atomic E-state index is 8.95. The lowest BCUT2D eigenvalue weighted by molar-refractivity contribution is 0.272. The summed E-state index contributed by atoms with van der Waals surface area (Å²) in [5, 5.41) is 12.4. The second kappa shape index (κ2) is 10.4. The number of nitriles is 1. The van der Waals surface area contributed by atoms with E-state index in [4.69, 9.17) is 14.7 Å². The summed E-state index contributed by atoms with van der Waals surface area (Å²) in [5.41, 5.74) is 2.93. The lowest BCUT2D eigenvalue weighted by atomic mass is 10.1. The first-order valence-electron chi connectivity index (χ1n) is 8.85. The summed E-state index contributed by atoms with van der Waals surface area (Å²) in [4.78, 5) is 0. The number of hydrogen-bond acceptors (Lipinski definition) is 4. The van der Waals surface area contributed by atoms with E-state index in [1.54, 1.807) is 0 Å². The third kappa shape index (κ3) is 6.13. The summed E-state index contributed by atoms with van der Waals surface area (Å²) in [5.74, 6) is 1.60. The molecular formula is C21H26N2O2. The van der Waals surface area contributed by atoms with Gasteiger partial charge in [-0.25, -0.2) is 0 Å². The van der Waals surface area contributed by atoms with E-state index in [0.29, 0.717) is 25.3 Å². The molecule has 0 spiro atoms. The fourth-order valence-corrected chi connectivity index (χ4v) is 2.48. The van der Waals surface area contributed by atoms with Crippen LogP contribution in [0.15, 0.2) is 42.5 Å². The van der Waals surface area contributed by atoms with E-state index in [-0.39, 0.29) is 0 Å². The minimum absolute atomic E-state index is 0.613. The molecule has 0 atom stereocenters. The monoisotopic (exact) mass is 338 g/mol.